The first kappa shape index (κ1) is 23.6. The van der Waals surface area contributed by atoms with E-state index in [0.29, 0.717) is 25.4 Å². The zero-order valence-electron chi connectivity index (χ0n) is 16.5. The molecule has 1 heterocycles. The number of pyridine rings is 1. The molecular weight excluding hydrogens is 457 g/mol. The molecule has 2 rings (SSSR count). The fourth-order valence-electron chi connectivity index (χ4n) is 2.39. The largest absolute Gasteiger partial charge is 0.379 e. The summed E-state index contributed by atoms with van der Waals surface area (Å²) in [5.41, 5.74) is 0.876. The van der Waals surface area contributed by atoms with Gasteiger partial charge in [-0.15, -0.1) is 24.0 Å². The van der Waals surface area contributed by atoms with Crippen LogP contribution in [-0.4, -0.2) is 61.6 Å². The lowest BCUT2D eigenvalue weighted by molar-refractivity contribution is -0.116. The molecule has 7 nitrogen and oxygen atoms in total. The number of ether oxygens (including phenoxy) is 1. The molecule has 1 fully saturated rings. The quantitative estimate of drug-likeness (QED) is 0.229. The van der Waals surface area contributed by atoms with Crippen LogP contribution in [0.4, 0.5) is 5.82 Å². The number of amides is 1. The van der Waals surface area contributed by atoms with Gasteiger partial charge in [0.25, 0.3) is 0 Å². The van der Waals surface area contributed by atoms with Crippen molar-refractivity contribution < 1.29 is 9.53 Å². The summed E-state index contributed by atoms with van der Waals surface area (Å²) in [5, 5.41) is 6.05. The number of guanidine groups is 1. The van der Waals surface area contributed by atoms with Crippen LogP contribution in [0.1, 0.15) is 31.9 Å². The van der Waals surface area contributed by atoms with Gasteiger partial charge in [-0.1, -0.05) is 6.07 Å². The summed E-state index contributed by atoms with van der Waals surface area (Å²) < 4.78 is 5.68. The van der Waals surface area contributed by atoms with Gasteiger partial charge in [-0.05, 0) is 44.7 Å². The summed E-state index contributed by atoms with van der Waals surface area (Å²) in [7, 11) is 1.98. The van der Waals surface area contributed by atoms with Crippen LogP contribution in [-0.2, 0) is 9.53 Å². The Labute approximate surface area is 179 Å². The number of rotatable bonds is 10. The highest BCUT2D eigenvalue weighted by Gasteiger charge is 2.21. The summed E-state index contributed by atoms with van der Waals surface area (Å²) in [5.74, 6) is 2.07. The molecule has 0 unspecified atom stereocenters. The molecule has 1 amide bonds. The Morgan fingerprint density at radius 1 is 1.41 bits per heavy atom. The van der Waals surface area contributed by atoms with E-state index in [1.165, 1.54) is 12.8 Å². The van der Waals surface area contributed by atoms with Crippen molar-refractivity contribution in [3.8, 4) is 0 Å². The first-order chi connectivity index (χ1) is 12.6. The van der Waals surface area contributed by atoms with E-state index in [1.54, 1.807) is 6.07 Å². The van der Waals surface area contributed by atoms with Crippen LogP contribution in [0, 0.1) is 12.8 Å². The number of likely N-dealkylation sites (N-methyl/N-ethyl adjacent to an activating group) is 1. The molecule has 0 spiro atoms. The minimum atomic E-state index is -0.0851. The molecule has 1 aromatic rings. The van der Waals surface area contributed by atoms with Crippen molar-refractivity contribution in [3.05, 3.63) is 23.9 Å². The maximum Gasteiger partial charge on any atom is 0.227 e. The average Bonchev–Trinajstić information content (AvgIpc) is 3.42. The molecule has 8 heteroatoms. The number of aromatic nitrogens is 1. The van der Waals surface area contributed by atoms with Crippen molar-refractivity contribution in [2.24, 2.45) is 10.9 Å². The average molecular weight is 489 g/mol. The van der Waals surface area contributed by atoms with Crippen molar-refractivity contribution in [1.82, 2.24) is 15.2 Å². The zero-order valence-corrected chi connectivity index (χ0v) is 18.9. The maximum atomic E-state index is 12.0. The number of hydrogen-bond acceptors (Lipinski definition) is 4. The maximum absolute atomic E-state index is 12.0. The topological polar surface area (TPSA) is 78.8 Å². The van der Waals surface area contributed by atoms with Crippen molar-refractivity contribution in [2.75, 3.05) is 45.2 Å². The van der Waals surface area contributed by atoms with E-state index in [1.807, 2.05) is 37.9 Å². The molecule has 0 radical (unpaired) electrons. The van der Waals surface area contributed by atoms with E-state index < -0.39 is 0 Å². The lowest BCUT2D eigenvalue weighted by Crippen LogP contribution is -2.40. The number of halogens is 1. The zero-order chi connectivity index (χ0) is 18.8. The number of carbonyl (C=O) groups is 1. The van der Waals surface area contributed by atoms with E-state index >= 15 is 0 Å². The Hall–Kier alpha value is -1.42. The molecule has 1 aromatic heterocycles. The molecule has 0 aliphatic heterocycles. The normalized spacial score (nSPS) is 13.7. The van der Waals surface area contributed by atoms with Gasteiger partial charge >= 0.3 is 0 Å². The summed E-state index contributed by atoms with van der Waals surface area (Å²) in [6, 6.07) is 5.56. The summed E-state index contributed by atoms with van der Waals surface area (Å²) in [6.07, 6.45) is 2.93. The first-order valence-corrected chi connectivity index (χ1v) is 9.39. The van der Waals surface area contributed by atoms with Crippen molar-refractivity contribution in [3.63, 3.8) is 0 Å². The third kappa shape index (κ3) is 9.90. The summed E-state index contributed by atoms with van der Waals surface area (Å²) in [4.78, 5) is 22.9. The number of aryl methyl sites for hydroxylation is 1. The van der Waals surface area contributed by atoms with Crippen molar-refractivity contribution in [2.45, 2.75) is 33.1 Å². The van der Waals surface area contributed by atoms with Gasteiger partial charge in [0.05, 0.1) is 13.2 Å². The first-order valence-electron chi connectivity index (χ1n) is 9.39. The van der Waals surface area contributed by atoms with Gasteiger partial charge in [0, 0.05) is 38.9 Å². The van der Waals surface area contributed by atoms with Crippen LogP contribution in [0.25, 0.3) is 0 Å². The molecular formula is C19H32IN5O2. The number of aliphatic imine (C=N–C) groups is 1. The minimum Gasteiger partial charge on any atom is -0.379 e. The lowest BCUT2D eigenvalue weighted by Gasteiger charge is -2.22. The smallest absolute Gasteiger partial charge is 0.227 e. The second-order valence-corrected chi connectivity index (χ2v) is 6.64. The van der Waals surface area contributed by atoms with Crippen LogP contribution in [0.5, 0.6) is 0 Å². The highest BCUT2D eigenvalue weighted by atomic mass is 127. The molecule has 27 heavy (non-hydrogen) atoms. The number of nitrogens with zero attached hydrogens (tertiary/aromatic N) is 3. The predicted octanol–water partition coefficient (Wildman–Crippen LogP) is 2.66. The van der Waals surface area contributed by atoms with Crippen LogP contribution >= 0.6 is 24.0 Å². The molecule has 1 aliphatic rings. The summed E-state index contributed by atoms with van der Waals surface area (Å²) >= 11 is 0. The SMILES string of the molecule is CCNC(=NCCC(=O)Nc1cccc(C)n1)N(C)CCOCC1CC1.I. The van der Waals surface area contributed by atoms with Gasteiger partial charge in [0.1, 0.15) is 5.82 Å². The highest BCUT2D eigenvalue weighted by molar-refractivity contribution is 14.0. The molecule has 0 saturated heterocycles. The fraction of sp³-hybridized carbons (Fsp3) is 0.632. The lowest BCUT2D eigenvalue weighted by atomic mass is 10.3. The molecule has 1 aliphatic carbocycles. The molecule has 1 saturated carbocycles. The van der Waals surface area contributed by atoms with E-state index in [0.717, 1.165) is 37.3 Å². The molecule has 2 N–H and O–H groups in total. The minimum absolute atomic E-state index is 0. The predicted molar refractivity (Wildman–Crippen MR) is 120 cm³/mol. The fourth-order valence-corrected chi connectivity index (χ4v) is 2.39. The van der Waals surface area contributed by atoms with E-state index in [2.05, 4.69) is 20.6 Å². The molecule has 152 valence electrons. The van der Waals surface area contributed by atoms with Gasteiger partial charge < -0.3 is 20.3 Å². The van der Waals surface area contributed by atoms with E-state index in [-0.39, 0.29) is 29.9 Å². The molecule has 0 atom stereocenters. The Morgan fingerprint density at radius 2 is 2.19 bits per heavy atom. The van der Waals surface area contributed by atoms with Crippen molar-refractivity contribution in [1.29, 1.82) is 0 Å². The van der Waals surface area contributed by atoms with Crippen LogP contribution in [0.3, 0.4) is 0 Å². The van der Waals surface area contributed by atoms with Crippen LogP contribution < -0.4 is 10.6 Å². The Bertz CT molecular complexity index is 608. The van der Waals surface area contributed by atoms with Gasteiger partial charge in [-0.3, -0.25) is 9.79 Å². The van der Waals surface area contributed by atoms with Crippen molar-refractivity contribution >= 4 is 41.7 Å². The second-order valence-electron chi connectivity index (χ2n) is 6.64. The number of anilines is 1. The number of hydrogen-bond donors (Lipinski definition) is 2. The third-order valence-corrected chi connectivity index (χ3v) is 4.07. The molecule has 0 aromatic carbocycles. The highest BCUT2D eigenvalue weighted by Crippen LogP contribution is 2.28. The van der Waals surface area contributed by atoms with Crippen LogP contribution in [0.2, 0.25) is 0 Å². The Balaban J connectivity index is 0.00000364. The third-order valence-electron chi connectivity index (χ3n) is 4.07. The Morgan fingerprint density at radius 3 is 2.85 bits per heavy atom. The monoisotopic (exact) mass is 489 g/mol. The van der Waals surface area contributed by atoms with E-state index in [9.17, 15) is 4.79 Å². The van der Waals surface area contributed by atoms with Gasteiger partial charge in [-0.25, -0.2) is 4.98 Å². The van der Waals surface area contributed by atoms with Crippen LogP contribution in [0.15, 0.2) is 23.2 Å². The van der Waals surface area contributed by atoms with Gasteiger partial charge in [0.2, 0.25) is 5.91 Å². The summed E-state index contributed by atoms with van der Waals surface area (Å²) in [6.45, 7) is 7.47. The Kier molecular flexibility index (Phi) is 11.3. The second kappa shape index (κ2) is 12.9. The van der Waals surface area contributed by atoms with Gasteiger partial charge in [-0.2, -0.15) is 0 Å². The van der Waals surface area contributed by atoms with Gasteiger partial charge in [0.15, 0.2) is 5.96 Å². The number of carbonyl (C=O) groups excluding carboxylic acids is 1. The number of nitrogens with one attached hydrogen (secondary N) is 2. The molecule has 0 bridgehead atoms. The standard InChI is InChI=1S/C19H31N5O2.HI/c1-4-20-19(24(3)12-13-26-14-16-8-9-16)21-11-10-18(25)23-17-7-5-6-15(2)22-17;/h5-7,16H,4,8-14H2,1-3H3,(H,20,21)(H,22,23,25);1H. The van der Waals surface area contributed by atoms with E-state index in [4.69, 9.17) is 4.74 Å².